The fraction of sp³-hybridized carbons (Fsp3) is 0.571. The Bertz CT molecular complexity index is 363. The summed E-state index contributed by atoms with van der Waals surface area (Å²) < 4.78 is 5.41. The van der Waals surface area contributed by atoms with Gasteiger partial charge in [-0.05, 0) is 43.1 Å². The molecule has 17 heavy (non-hydrogen) atoms. The normalized spacial score (nSPS) is 11.6. The summed E-state index contributed by atoms with van der Waals surface area (Å²) in [5.41, 5.74) is 1.23. The first-order valence-corrected chi connectivity index (χ1v) is 6.44. The van der Waals surface area contributed by atoms with Crippen LogP contribution in [0.3, 0.4) is 0 Å². The highest BCUT2D eigenvalue weighted by Crippen LogP contribution is 2.35. The number of nitrogens with one attached hydrogen (secondary N) is 1. The molecule has 0 bridgehead atoms. The average molecular weight is 256 g/mol. The maximum atomic E-state index is 6.07. The van der Waals surface area contributed by atoms with Gasteiger partial charge in [-0.25, -0.2) is 0 Å². The van der Waals surface area contributed by atoms with Gasteiger partial charge in [-0.1, -0.05) is 32.4 Å². The highest BCUT2D eigenvalue weighted by atomic mass is 35.5. The van der Waals surface area contributed by atoms with E-state index in [-0.39, 0.29) is 5.41 Å². The van der Waals surface area contributed by atoms with Gasteiger partial charge in [0.1, 0.15) is 5.75 Å². The first kappa shape index (κ1) is 14.3. The van der Waals surface area contributed by atoms with Crippen LogP contribution >= 0.6 is 11.6 Å². The van der Waals surface area contributed by atoms with E-state index >= 15 is 0 Å². The first-order valence-electron chi connectivity index (χ1n) is 6.06. The van der Waals surface area contributed by atoms with Crippen LogP contribution in [0.5, 0.6) is 5.75 Å². The molecule has 0 spiro atoms. The Kier molecular flexibility index (Phi) is 5.29. The fourth-order valence-corrected chi connectivity index (χ4v) is 2.09. The fourth-order valence-electron chi connectivity index (χ4n) is 1.92. The average Bonchev–Trinajstić information content (AvgIpc) is 2.29. The first-order chi connectivity index (χ1) is 8.01. The lowest BCUT2D eigenvalue weighted by Gasteiger charge is -2.27. The molecule has 0 radical (unpaired) electrons. The molecule has 0 heterocycles. The summed E-state index contributed by atoms with van der Waals surface area (Å²) in [7, 11) is 1.70. The number of hydrogen-bond donors (Lipinski definition) is 1. The summed E-state index contributed by atoms with van der Waals surface area (Å²) in [6.07, 6.45) is 1.05. The summed E-state index contributed by atoms with van der Waals surface area (Å²) in [4.78, 5) is 0. The minimum Gasteiger partial charge on any atom is -0.496 e. The molecule has 0 aliphatic rings. The lowest BCUT2D eigenvalue weighted by Crippen LogP contribution is -2.25. The second-order valence-electron chi connectivity index (χ2n) is 4.83. The predicted octanol–water partition coefficient (Wildman–Crippen LogP) is 3.63. The largest absolute Gasteiger partial charge is 0.496 e. The van der Waals surface area contributed by atoms with Gasteiger partial charge >= 0.3 is 0 Å². The molecule has 2 nitrogen and oxygen atoms in total. The van der Waals surface area contributed by atoms with Crippen molar-refractivity contribution in [1.82, 2.24) is 5.32 Å². The smallest absolute Gasteiger partial charge is 0.122 e. The maximum absolute atomic E-state index is 6.07. The standard InChI is InChI=1S/C14H22ClNO/c1-5-16-9-8-14(2,3)12-10-11(15)6-7-13(12)17-4/h6-7,10,16H,5,8-9H2,1-4H3. The van der Waals surface area contributed by atoms with Gasteiger partial charge < -0.3 is 10.1 Å². The van der Waals surface area contributed by atoms with E-state index in [2.05, 4.69) is 26.1 Å². The second-order valence-corrected chi connectivity index (χ2v) is 5.27. The van der Waals surface area contributed by atoms with Crippen LogP contribution in [0.25, 0.3) is 0 Å². The molecular weight excluding hydrogens is 234 g/mol. The Morgan fingerprint density at radius 1 is 1.35 bits per heavy atom. The molecule has 1 N–H and O–H groups in total. The van der Waals surface area contributed by atoms with Crippen molar-refractivity contribution in [2.75, 3.05) is 20.2 Å². The molecular formula is C14H22ClNO. The number of ether oxygens (including phenoxy) is 1. The number of rotatable bonds is 6. The second kappa shape index (κ2) is 6.27. The van der Waals surface area contributed by atoms with E-state index in [0.29, 0.717) is 0 Å². The number of methoxy groups -OCH3 is 1. The minimum atomic E-state index is 0.0540. The lowest BCUT2D eigenvalue weighted by atomic mass is 9.81. The molecule has 0 aromatic heterocycles. The van der Waals surface area contributed by atoms with Crippen LogP contribution in [-0.4, -0.2) is 20.2 Å². The molecule has 0 saturated carbocycles. The quantitative estimate of drug-likeness (QED) is 0.784. The van der Waals surface area contributed by atoms with Gasteiger partial charge in [0, 0.05) is 10.6 Å². The van der Waals surface area contributed by atoms with E-state index in [1.54, 1.807) is 7.11 Å². The van der Waals surface area contributed by atoms with Gasteiger partial charge in [0.05, 0.1) is 7.11 Å². The van der Waals surface area contributed by atoms with Gasteiger partial charge in [-0.3, -0.25) is 0 Å². The number of benzene rings is 1. The Morgan fingerprint density at radius 2 is 2.06 bits per heavy atom. The molecule has 1 aromatic rings. The van der Waals surface area contributed by atoms with Crippen molar-refractivity contribution in [2.45, 2.75) is 32.6 Å². The summed E-state index contributed by atoms with van der Waals surface area (Å²) in [6, 6.07) is 5.81. The van der Waals surface area contributed by atoms with Crippen molar-refractivity contribution in [3.63, 3.8) is 0 Å². The molecule has 1 rings (SSSR count). The van der Waals surface area contributed by atoms with Gasteiger partial charge in [0.15, 0.2) is 0 Å². The van der Waals surface area contributed by atoms with Crippen LogP contribution in [-0.2, 0) is 5.41 Å². The molecule has 0 fully saturated rings. The summed E-state index contributed by atoms with van der Waals surface area (Å²) >= 11 is 6.07. The summed E-state index contributed by atoms with van der Waals surface area (Å²) in [5.74, 6) is 0.913. The molecule has 96 valence electrons. The highest BCUT2D eigenvalue weighted by molar-refractivity contribution is 6.30. The molecule has 1 aromatic carbocycles. The molecule has 0 aliphatic carbocycles. The van der Waals surface area contributed by atoms with E-state index in [1.807, 2.05) is 18.2 Å². The van der Waals surface area contributed by atoms with Crippen molar-refractivity contribution < 1.29 is 4.74 Å². The van der Waals surface area contributed by atoms with E-state index in [9.17, 15) is 0 Å². The van der Waals surface area contributed by atoms with E-state index in [4.69, 9.17) is 16.3 Å². The van der Waals surface area contributed by atoms with Crippen LogP contribution in [0.15, 0.2) is 18.2 Å². The zero-order valence-corrected chi connectivity index (χ0v) is 11.9. The van der Waals surface area contributed by atoms with E-state index < -0.39 is 0 Å². The maximum Gasteiger partial charge on any atom is 0.122 e. The monoisotopic (exact) mass is 255 g/mol. The van der Waals surface area contributed by atoms with Gasteiger partial charge in [0.2, 0.25) is 0 Å². The molecule has 0 aliphatic heterocycles. The van der Waals surface area contributed by atoms with Crippen LogP contribution in [0, 0.1) is 0 Å². The summed E-state index contributed by atoms with van der Waals surface area (Å²) in [6.45, 7) is 8.56. The van der Waals surface area contributed by atoms with E-state index in [0.717, 1.165) is 30.3 Å². The molecule has 3 heteroatoms. The van der Waals surface area contributed by atoms with Gasteiger partial charge in [-0.15, -0.1) is 0 Å². The Hall–Kier alpha value is -0.730. The zero-order chi connectivity index (χ0) is 12.9. The van der Waals surface area contributed by atoms with E-state index in [1.165, 1.54) is 5.56 Å². The molecule has 0 saturated heterocycles. The van der Waals surface area contributed by atoms with Crippen molar-refractivity contribution in [3.05, 3.63) is 28.8 Å². The molecule has 0 unspecified atom stereocenters. The predicted molar refractivity (Wildman–Crippen MR) is 74.2 cm³/mol. The van der Waals surface area contributed by atoms with Crippen molar-refractivity contribution in [1.29, 1.82) is 0 Å². The Balaban J connectivity index is 2.91. The van der Waals surface area contributed by atoms with Crippen molar-refractivity contribution in [3.8, 4) is 5.75 Å². The van der Waals surface area contributed by atoms with Gasteiger partial charge in [-0.2, -0.15) is 0 Å². The lowest BCUT2D eigenvalue weighted by molar-refractivity contribution is 0.383. The number of hydrogen-bond acceptors (Lipinski definition) is 2. The van der Waals surface area contributed by atoms with Crippen molar-refractivity contribution >= 4 is 11.6 Å². The van der Waals surface area contributed by atoms with Crippen LogP contribution in [0.1, 0.15) is 32.8 Å². The summed E-state index contributed by atoms with van der Waals surface area (Å²) in [5, 5.41) is 4.11. The SMILES string of the molecule is CCNCCC(C)(C)c1cc(Cl)ccc1OC. The third-order valence-corrected chi connectivity index (χ3v) is 3.30. The third kappa shape index (κ3) is 3.90. The highest BCUT2D eigenvalue weighted by Gasteiger charge is 2.24. The van der Waals surface area contributed by atoms with Gasteiger partial charge in [0.25, 0.3) is 0 Å². The van der Waals surface area contributed by atoms with Crippen LogP contribution < -0.4 is 10.1 Å². The van der Waals surface area contributed by atoms with Crippen LogP contribution in [0.4, 0.5) is 0 Å². The third-order valence-electron chi connectivity index (χ3n) is 3.07. The molecule has 0 amide bonds. The number of halogens is 1. The topological polar surface area (TPSA) is 21.3 Å². The molecule has 0 atom stereocenters. The Morgan fingerprint density at radius 3 is 2.65 bits per heavy atom. The van der Waals surface area contributed by atoms with Crippen molar-refractivity contribution in [2.24, 2.45) is 0 Å². The Labute approximate surface area is 109 Å². The van der Waals surface area contributed by atoms with Crippen LogP contribution in [0.2, 0.25) is 5.02 Å². The minimum absolute atomic E-state index is 0.0540. The zero-order valence-electron chi connectivity index (χ0n) is 11.1.